The first-order chi connectivity index (χ1) is 7.11. The van der Waals surface area contributed by atoms with Crippen molar-refractivity contribution in [2.24, 2.45) is 0 Å². The number of aliphatic hydroxyl groups is 1. The molecular weight excluding hydrogens is 192 g/mol. The Hall–Kier alpha value is -0.610. The molecule has 4 nitrogen and oxygen atoms in total. The second-order valence-corrected chi connectivity index (χ2v) is 4.01. The molecule has 0 aliphatic carbocycles. The van der Waals surface area contributed by atoms with E-state index in [2.05, 4.69) is 6.92 Å². The van der Waals surface area contributed by atoms with Gasteiger partial charge in [-0.2, -0.15) is 0 Å². The summed E-state index contributed by atoms with van der Waals surface area (Å²) in [5, 5.41) is 8.86. The van der Waals surface area contributed by atoms with E-state index in [1.165, 1.54) is 0 Å². The Balaban J connectivity index is 3.92. The summed E-state index contributed by atoms with van der Waals surface area (Å²) in [7, 11) is 3.91. The topological polar surface area (TPSA) is 43.8 Å². The van der Waals surface area contributed by atoms with Crippen molar-refractivity contribution in [3.05, 3.63) is 0 Å². The van der Waals surface area contributed by atoms with Crippen molar-refractivity contribution in [1.29, 1.82) is 0 Å². The SMILES string of the molecule is CCCCN(CCO)C(=O)CCN(C)C. The summed E-state index contributed by atoms with van der Waals surface area (Å²) in [6.45, 7) is 4.15. The Kier molecular flexibility index (Phi) is 8.33. The molecule has 0 spiro atoms. The van der Waals surface area contributed by atoms with Crippen LogP contribution in [0.2, 0.25) is 0 Å². The summed E-state index contributed by atoms with van der Waals surface area (Å²) >= 11 is 0. The lowest BCUT2D eigenvalue weighted by atomic mass is 10.2. The molecule has 1 N–H and O–H groups in total. The van der Waals surface area contributed by atoms with Gasteiger partial charge in [0.1, 0.15) is 0 Å². The molecule has 0 heterocycles. The third-order valence-corrected chi connectivity index (χ3v) is 2.28. The number of amides is 1. The van der Waals surface area contributed by atoms with Crippen LogP contribution in [0.3, 0.4) is 0 Å². The van der Waals surface area contributed by atoms with Crippen LogP contribution in [0.4, 0.5) is 0 Å². The molecule has 0 bridgehead atoms. The van der Waals surface area contributed by atoms with Gasteiger partial charge in [-0.1, -0.05) is 13.3 Å². The maximum Gasteiger partial charge on any atom is 0.223 e. The summed E-state index contributed by atoms with van der Waals surface area (Å²) in [5.41, 5.74) is 0. The van der Waals surface area contributed by atoms with Crippen LogP contribution in [-0.4, -0.2) is 61.2 Å². The molecule has 0 fully saturated rings. The lowest BCUT2D eigenvalue weighted by molar-refractivity contribution is -0.132. The van der Waals surface area contributed by atoms with Crippen molar-refractivity contribution in [2.45, 2.75) is 26.2 Å². The molecule has 90 valence electrons. The zero-order valence-corrected chi connectivity index (χ0v) is 10.2. The van der Waals surface area contributed by atoms with Crippen molar-refractivity contribution >= 4 is 5.91 Å². The van der Waals surface area contributed by atoms with Gasteiger partial charge in [0.25, 0.3) is 0 Å². The van der Waals surface area contributed by atoms with E-state index in [4.69, 9.17) is 5.11 Å². The monoisotopic (exact) mass is 216 g/mol. The van der Waals surface area contributed by atoms with E-state index in [1.54, 1.807) is 4.90 Å². The third-order valence-electron chi connectivity index (χ3n) is 2.28. The fourth-order valence-corrected chi connectivity index (χ4v) is 1.31. The van der Waals surface area contributed by atoms with Gasteiger partial charge in [-0.05, 0) is 20.5 Å². The van der Waals surface area contributed by atoms with Crippen molar-refractivity contribution < 1.29 is 9.90 Å². The number of hydrogen-bond acceptors (Lipinski definition) is 3. The van der Waals surface area contributed by atoms with Crippen LogP contribution in [0.5, 0.6) is 0 Å². The van der Waals surface area contributed by atoms with Gasteiger partial charge >= 0.3 is 0 Å². The highest BCUT2D eigenvalue weighted by atomic mass is 16.3. The molecule has 0 radical (unpaired) electrons. The highest BCUT2D eigenvalue weighted by molar-refractivity contribution is 5.76. The highest BCUT2D eigenvalue weighted by Crippen LogP contribution is 1.99. The molecule has 0 aliphatic heterocycles. The molecule has 1 amide bonds. The number of rotatable bonds is 8. The minimum absolute atomic E-state index is 0.0530. The molecule has 0 aromatic rings. The molecule has 15 heavy (non-hydrogen) atoms. The lowest BCUT2D eigenvalue weighted by Crippen LogP contribution is -2.36. The van der Waals surface area contributed by atoms with Crippen molar-refractivity contribution in [2.75, 3.05) is 40.3 Å². The average Bonchev–Trinajstić information content (AvgIpc) is 2.20. The van der Waals surface area contributed by atoms with Crippen LogP contribution in [0, 0.1) is 0 Å². The van der Waals surface area contributed by atoms with E-state index in [-0.39, 0.29) is 12.5 Å². The fourth-order valence-electron chi connectivity index (χ4n) is 1.31. The molecule has 0 aromatic carbocycles. The van der Waals surface area contributed by atoms with Gasteiger partial charge in [0.05, 0.1) is 6.61 Å². The summed E-state index contributed by atoms with van der Waals surface area (Å²) in [6.07, 6.45) is 2.62. The van der Waals surface area contributed by atoms with Gasteiger partial charge in [-0.15, -0.1) is 0 Å². The highest BCUT2D eigenvalue weighted by Gasteiger charge is 2.11. The Bertz CT molecular complexity index is 172. The maximum atomic E-state index is 11.7. The number of unbranched alkanes of at least 4 members (excludes halogenated alkanes) is 1. The summed E-state index contributed by atoms with van der Waals surface area (Å²) in [6, 6.07) is 0. The summed E-state index contributed by atoms with van der Waals surface area (Å²) in [5.74, 6) is 0.145. The van der Waals surface area contributed by atoms with Crippen LogP contribution in [0.15, 0.2) is 0 Å². The minimum Gasteiger partial charge on any atom is -0.395 e. The van der Waals surface area contributed by atoms with E-state index in [1.807, 2.05) is 19.0 Å². The molecule has 0 saturated carbocycles. The number of nitrogens with zero attached hydrogens (tertiary/aromatic N) is 2. The number of carbonyl (C=O) groups excluding carboxylic acids is 1. The van der Waals surface area contributed by atoms with E-state index in [0.29, 0.717) is 13.0 Å². The predicted octanol–water partition coefficient (Wildman–Crippen LogP) is 0.559. The van der Waals surface area contributed by atoms with Crippen LogP contribution >= 0.6 is 0 Å². The van der Waals surface area contributed by atoms with Crippen molar-refractivity contribution in [3.8, 4) is 0 Å². The predicted molar refractivity (Wildman–Crippen MR) is 61.7 cm³/mol. The van der Waals surface area contributed by atoms with Crippen LogP contribution in [0.1, 0.15) is 26.2 Å². The van der Waals surface area contributed by atoms with E-state index >= 15 is 0 Å². The minimum atomic E-state index is 0.0530. The Labute approximate surface area is 92.9 Å². The van der Waals surface area contributed by atoms with Crippen molar-refractivity contribution in [3.63, 3.8) is 0 Å². The summed E-state index contributed by atoms with van der Waals surface area (Å²) in [4.78, 5) is 15.5. The number of aliphatic hydroxyl groups excluding tert-OH is 1. The first-order valence-electron chi connectivity index (χ1n) is 5.65. The van der Waals surface area contributed by atoms with E-state index in [9.17, 15) is 4.79 Å². The smallest absolute Gasteiger partial charge is 0.223 e. The molecule has 0 aliphatic rings. The number of hydrogen-bond donors (Lipinski definition) is 1. The Morgan fingerprint density at radius 3 is 2.33 bits per heavy atom. The first-order valence-corrected chi connectivity index (χ1v) is 5.65. The Morgan fingerprint density at radius 1 is 1.20 bits per heavy atom. The summed E-state index contributed by atoms with van der Waals surface area (Å²) < 4.78 is 0. The third kappa shape index (κ3) is 7.33. The maximum absolute atomic E-state index is 11.7. The van der Waals surface area contributed by atoms with Gasteiger partial charge < -0.3 is 14.9 Å². The zero-order chi connectivity index (χ0) is 11.7. The largest absolute Gasteiger partial charge is 0.395 e. The molecule has 0 saturated heterocycles. The van der Waals surface area contributed by atoms with Gasteiger partial charge in [0.15, 0.2) is 0 Å². The van der Waals surface area contributed by atoms with Gasteiger partial charge in [0, 0.05) is 26.1 Å². The van der Waals surface area contributed by atoms with Crippen LogP contribution in [0.25, 0.3) is 0 Å². The lowest BCUT2D eigenvalue weighted by Gasteiger charge is -2.22. The molecule has 4 heteroatoms. The fraction of sp³-hybridized carbons (Fsp3) is 0.909. The van der Waals surface area contributed by atoms with Crippen molar-refractivity contribution in [1.82, 2.24) is 9.80 Å². The second kappa shape index (κ2) is 8.68. The molecule has 0 aromatic heterocycles. The van der Waals surface area contributed by atoms with Crippen LogP contribution in [-0.2, 0) is 4.79 Å². The molecular formula is C11H24N2O2. The van der Waals surface area contributed by atoms with E-state index < -0.39 is 0 Å². The first kappa shape index (κ1) is 14.4. The van der Waals surface area contributed by atoms with E-state index in [0.717, 1.165) is 25.9 Å². The van der Waals surface area contributed by atoms with Gasteiger partial charge in [-0.3, -0.25) is 4.79 Å². The molecule has 0 rings (SSSR count). The quantitative estimate of drug-likeness (QED) is 0.645. The van der Waals surface area contributed by atoms with Crippen LogP contribution < -0.4 is 0 Å². The number of carbonyl (C=O) groups is 1. The standard InChI is InChI=1S/C11H24N2O2/c1-4-5-7-13(9-10-14)11(15)6-8-12(2)3/h14H,4-10H2,1-3H3. The zero-order valence-electron chi connectivity index (χ0n) is 10.2. The molecule has 0 unspecified atom stereocenters. The normalized spacial score (nSPS) is 10.7. The molecule has 0 atom stereocenters. The second-order valence-electron chi connectivity index (χ2n) is 4.01. The Morgan fingerprint density at radius 2 is 1.87 bits per heavy atom. The van der Waals surface area contributed by atoms with Gasteiger partial charge in [-0.25, -0.2) is 0 Å². The average molecular weight is 216 g/mol. The van der Waals surface area contributed by atoms with Gasteiger partial charge in [0.2, 0.25) is 5.91 Å².